The zero-order chi connectivity index (χ0) is 32.8. The number of ether oxygens (including phenoxy) is 1. The first-order valence-electron chi connectivity index (χ1n) is 15.9. The van der Waals surface area contributed by atoms with E-state index in [0.29, 0.717) is 17.5 Å². The van der Waals surface area contributed by atoms with E-state index in [9.17, 15) is 19.5 Å². The van der Waals surface area contributed by atoms with Crippen molar-refractivity contribution in [2.75, 3.05) is 6.54 Å². The Bertz CT molecular complexity index is 1370. The largest absolute Gasteiger partial charge is 0.507 e. The molecule has 8 nitrogen and oxygen atoms in total. The number of carbonyl (C=O) groups excluding carboxylic acids is 3. The number of para-hydroxylation sites is 1. The maximum Gasteiger partial charge on any atom is 0.408 e. The topological polar surface area (TPSA) is 108 Å². The summed E-state index contributed by atoms with van der Waals surface area (Å²) in [6.45, 7) is 9.70. The summed E-state index contributed by atoms with van der Waals surface area (Å²) in [5, 5.41) is 17.0. The van der Waals surface area contributed by atoms with E-state index in [2.05, 4.69) is 17.6 Å². The highest BCUT2D eigenvalue weighted by atomic mass is 16.6. The molecule has 3 amide bonds. The minimum atomic E-state index is -1.13. The zero-order valence-corrected chi connectivity index (χ0v) is 27.3. The molecule has 242 valence electrons. The summed E-state index contributed by atoms with van der Waals surface area (Å²) in [5.41, 5.74) is 1.91. The number of phenols is 1. The highest BCUT2D eigenvalue weighted by Gasteiger charge is 2.37. The van der Waals surface area contributed by atoms with Crippen LogP contribution in [-0.2, 0) is 27.3 Å². The Morgan fingerprint density at radius 1 is 0.844 bits per heavy atom. The van der Waals surface area contributed by atoms with Gasteiger partial charge in [0.25, 0.3) is 0 Å². The molecule has 0 aliphatic carbocycles. The Morgan fingerprint density at radius 3 is 2.09 bits per heavy atom. The summed E-state index contributed by atoms with van der Waals surface area (Å²) in [6.07, 6.45) is 4.16. The predicted molar refractivity (Wildman–Crippen MR) is 178 cm³/mol. The van der Waals surface area contributed by atoms with Crippen LogP contribution in [0.1, 0.15) is 88.1 Å². The van der Waals surface area contributed by atoms with E-state index in [1.54, 1.807) is 45.9 Å². The van der Waals surface area contributed by atoms with Crippen LogP contribution in [0.15, 0.2) is 78.9 Å². The molecule has 0 radical (unpaired) electrons. The number of hydrogen-bond donors (Lipinski definition) is 3. The van der Waals surface area contributed by atoms with E-state index < -0.39 is 35.6 Å². The number of unbranched alkanes of at least 4 members (excludes halogenated alkanes) is 4. The smallest absolute Gasteiger partial charge is 0.408 e. The average molecular weight is 616 g/mol. The van der Waals surface area contributed by atoms with Gasteiger partial charge in [0.1, 0.15) is 23.4 Å². The molecule has 45 heavy (non-hydrogen) atoms. The summed E-state index contributed by atoms with van der Waals surface area (Å²) in [7, 11) is 0. The van der Waals surface area contributed by atoms with Gasteiger partial charge in [-0.15, -0.1) is 0 Å². The summed E-state index contributed by atoms with van der Waals surface area (Å²) >= 11 is 0. The number of nitrogens with zero attached hydrogens (tertiary/aromatic N) is 1. The van der Waals surface area contributed by atoms with E-state index in [-0.39, 0.29) is 25.3 Å². The number of nitrogens with one attached hydrogen (secondary N) is 2. The molecule has 0 aliphatic heterocycles. The summed E-state index contributed by atoms with van der Waals surface area (Å²) in [4.78, 5) is 43.3. The van der Waals surface area contributed by atoms with Crippen molar-refractivity contribution in [3.05, 3.63) is 101 Å². The fourth-order valence-corrected chi connectivity index (χ4v) is 5.19. The third-order valence-corrected chi connectivity index (χ3v) is 7.49. The van der Waals surface area contributed by atoms with E-state index in [1.807, 2.05) is 60.7 Å². The van der Waals surface area contributed by atoms with Gasteiger partial charge in [0.05, 0.1) is 0 Å². The first-order valence-corrected chi connectivity index (χ1v) is 15.9. The molecule has 0 saturated carbocycles. The van der Waals surface area contributed by atoms with Crippen molar-refractivity contribution in [1.82, 2.24) is 15.5 Å². The van der Waals surface area contributed by atoms with Gasteiger partial charge in [0.15, 0.2) is 0 Å². The second-order valence-electron chi connectivity index (χ2n) is 12.5. The SMILES string of the molecule is CCCCCCCN(C(=O)C(Cc1ccccc1)NC(=O)OC(C)(C)C)C(C(=O)NCc1ccccc1)c1cccc(C)c1O. The number of aromatic hydroxyl groups is 1. The second kappa shape index (κ2) is 17.2. The van der Waals surface area contributed by atoms with Crippen LogP contribution >= 0.6 is 0 Å². The molecule has 3 N–H and O–H groups in total. The number of benzene rings is 3. The van der Waals surface area contributed by atoms with Crippen molar-refractivity contribution in [1.29, 1.82) is 0 Å². The molecule has 2 unspecified atom stereocenters. The maximum atomic E-state index is 14.7. The maximum absolute atomic E-state index is 14.7. The van der Waals surface area contributed by atoms with E-state index >= 15 is 0 Å². The van der Waals surface area contributed by atoms with Gasteiger partial charge in [0.2, 0.25) is 11.8 Å². The van der Waals surface area contributed by atoms with Gasteiger partial charge in [-0.3, -0.25) is 9.59 Å². The van der Waals surface area contributed by atoms with Crippen molar-refractivity contribution in [3.63, 3.8) is 0 Å². The van der Waals surface area contributed by atoms with Gasteiger partial charge in [-0.25, -0.2) is 4.79 Å². The Balaban J connectivity index is 2.05. The predicted octanol–water partition coefficient (Wildman–Crippen LogP) is 6.99. The first kappa shape index (κ1) is 35.2. The summed E-state index contributed by atoms with van der Waals surface area (Å²) in [5.74, 6) is -0.890. The van der Waals surface area contributed by atoms with Crippen molar-refractivity contribution < 1.29 is 24.2 Å². The van der Waals surface area contributed by atoms with Gasteiger partial charge in [-0.2, -0.15) is 0 Å². The molecule has 0 bridgehead atoms. The molecule has 0 saturated heterocycles. The number of carbonyl (C=O) groups is 3. The Hall–Kier alpha value is -4.33. The number of amides is 3. The van der Waals surface area contributed by atoms with Crippen LogP contribution in [0.3, 0.4) is 0 Å². The van der Waals surface area contributed by atoms with Crippen molar-refractivity contribution in [2.24, 2.45) is 0 Å². The fraction of sp³-hybridized carbons (Fsp3) is 0.432. The highest BCUT2D eigenvalue weighted by molar-refractivity contribution is 5.92. The minimum Gasteiger partial charge on any atom is -0.507 e. The Labute approximate surface area is 268 Å². The standard InChI is InChI=1S/C37H49N3O5/c1-6-7-8-9-16-24-40(35(43)31(25-28-19-12-10-13-20-28)39-36(44)45-37(3,4)5)32(30-23-17-18-27(2)33(30)41)34(42)38-26-29-21-14-11-15-22-29/h10-15,17-23,31-32,41H,6-9,16,24-26H2,1-5H3,(H,38,42)(H,39,44). The molecule has 0 aliphatic rings. The Morgan fingerprint density at radius 2 is 1.47 bits per heavy atom. The molecular weight excluding hydrogens is 566 g/mol. The quantitative estimate of drug-likeness (QED) is 0.160. The molecule has 3 aromatic carbocycles. The second-order valence-corrected chi connectivity index (χ2v) is 12.5. The van der Waals surface area contributed by atoms with E-state index in [0.717, 1.165) is 36.8 Å². The lowest BCUT2D eigenvalue weighted by Gasteiger charge is -2.35. The van der Waals surface area contributed by atoms with Gasteiger partial charge in [-0.1, -0.05) is 111 Å². The zero-order valence-electron chi connectivity index (χ0n) is 27.3. The fourth-order valence-electron chi connectivity index (χ4n) is 5.19. The molecule has 3 aromatic rings. The third kappa shape index (κ3) is 11.3. The van der Waals surface area contributed by atoms with Crippen molar-refractivity contribution >= 4 is 17.9 Å². The first-order chi connectivity index (χ1) is 21.5. The van der Waals surface area contributed by atoms with Crippen LogP contribution < -0.4 is 10.6 Å². The number of alkyl carbamates (subject to hydrolysis) is 1. The number of aryl methyl sites for hydroxylation is 1. The van der Waals surface area contributed by atoms with Gasteiger partial charge in [0, 0.05) is 25.1 Å². The van der Waals surface area contributed by atoms with Crippen LogP contribution in [0.2, 0.25) is 0 Å². The third-order valence-electron chi connectivity index (χ3n) is 7.49. The molecule has 2 atom stereocenters. The van der Waals surface area contributed by atoms with Crippen LogP contribution in [0.4, 0.5) is 4.79 Å². The van der Waals surface area contributed by atoms with Crippen LogP contribution in [0, 0.1) is 6.92 Å². The number of hydrogen-bond acceptors (Lipinski definition) is 5. The van der Waals surface area contributed by atoms with Crippen molar-refractivity contribution in [3.8, 4) is 5.75 Å². The minimum absolute atomic E-state index is 0.0409. The Kier molecular flexibility index (Phi) is 13.5. The van der Waals surface area contributed by atoms with Gasteiger partial charge >= 0.3 is 6.09 Å². The van der Waals surface area contributed by atoms with Crippen LogP contribution in [0.5, 0.6) is 5.75 Å². The molecule has 0 heterocycles. The van der Waals surface area contributed by atoms with Crippen molar-refractivity contribution in [2.45, 2.75) is 97.4 Å². The monoisotopic (exact) mass is 615 g/mol. The molecule has 0 aromatic heterocycles. The van der Waals surface area contributed by atoms with Crippen LogP contribution in [0.25, 0.3) is 0 Å². The van der Waals surface area contributed by atoms with Gasteiger partial charge < -0.3 is 25.4 Å². The number of rotatable bonds is 15. The molecular formula is C37H49N3O5. The molecule has 0 spiro atoms. The van der Waals surface area contributed by atoms with Crippen LogP contribution in [-0.4, -0.2) is 46.1 Å². The molecule has 3 rings (SSSR count). The lowest BCUT2D eigenvalue weighted by molar-refractivity contribution is -0.142. The lowest BCUT2D eigenvalue weighted by Crippen LogP contribution is -2.54. The summed E-state index contributed by atoms with van der Waals surface area (Å²) < 4.78 is 5.54. The lowest BCUT2D eigenvalue weighted by atomic mass is 9.97. The summed E-state index contributed by atoms with van der Waals surface area (Å²) in [6, 6.07) is 22.0. The van der Waals surface area contributed by atoms with E-state index in [4.69, 9.17) is 4.74 Å². The normalized spacial score (nSPS) is 12.6. The highest BCUT2D eigenvalue weighted by Crippen LogP contribution is 2.33. The molecule has 0 fully saturated rings. The van der Waals surface area contributed by atoms with E-state index in [1.165, 1.54) is 4.90 Å². The molecule has 8 heteroatoms. The average Bonchev–Trinajstić information content (AvgIpc) is 3.00. The number of phenolic OH excluding ortho intramolecular Hbond substituents is 1. The van der Waals surface area contributed by atoms with Gasteiger partial charge in [-0.05, 0) is 50.8 Å².